The van der Waals surface area contributed by atoms with E-state index < -0.39 is 0 Å². The van der Waals surface area contributed by atoms with Gasteiger partial charge in [0.2, 0.25) is 0 Å². The average Bonchev–Trinajstić information content (AvgIpc) is 3.02. The number of esters is 1. The van der Waals surface area contributed by atoms with Crippen LogP contribution in [0, 0.1) is 5.92 Å². The maximum Gasteiger partial charge on any atom is 0.340 e. The van der Waals surface area contributed by atoms with Gasteiger partial charge < -0.3 is 15.4 Å². The first kappa shape index (κ1) is 12.3. The zero-order valence-electron chi connectivity index (χ0n) is 11.3. The fraction of sp³-hybridized carbons (Fsp3) is 0.533. The van der Waals surface area contributed by atoms with Crippen molar-refractivity contribution in [3.05, 3.63) is 23.8 Å². The number of rotatable bonds is 3. The van der Waals surface area contributed by atoms with E-state index in [1.807, 2.05) is 18.2 Å². The van der Waals surface area contributed by atoms with Gasteiger partial charge in [0.1, 0.15) is 0 Å². The van der Waals surface area contributed by atoms with Crippen LogP contribution in [0.5, 0.6) is 0 Å². The first-order valence-corrected chi connectivity index (χ1v) is 7.02. The molecule has 2 fully saturated rings. The molecule has 2 atom stereocenters. The van der Waals surface area contributed by atoms with Crippen molar-refractivity contribution in [1.82, 2.24) is 0 Å². The summed E-state index contributed by atoms with van der Waals surface area (Å²) >= 11 is 0. The number of fused-ring (bicyclic) bond motifs is 2. The van der Waals surface area contributed by atoms with E-state index in [0.29, 0.717) is 23.9 Å². The van der Waals surface area contributed by atoms with Gasteiger partial charge in [0, 0.05) is 24.0 Å². The van der Waals surface area contributed by atoms with Gasteiger partial charge in [-0.05, 0) is 50.3 Å². The molecule has 4 heteroatoms. The summed E-state index contributed by atoms with van der Waals surface area (Å²) in [6, 6.07) is 6.35. The quantitative estimate of drug-likeness (QED) is 0.670. The maximum atomic E-state index is 11.9. The molecule has 1 heterocycles. The summed E-state index contributed by atoms with van der Waals surface area (Å²) in [6.07, 6.45) is 3.91. The molecule has 1 aromatic carbocycles. The normalized spacial score (nSPS) is 24.8. The number of anilines is 2. The fourth-order valence-electron chi connectivity index (χ4n) is 3.35. The van der Waals surface area contributed by atoms with Crippen LogP contribution in [0.4, 0.5) is 11.4 Å². The van der Waals surface area contributed by atoms with Crippen molar-refractivity contribution >= 4 is 17.3 Å². The van der Waals surface area contributed by atoms with Crippen LogP contribution in [0.25, 0.3) is 0 Å². The Morgan fingerprint density at radius 3 is 2.95 bits per heavy atom. The summed E-state index contributed by atoms with van der Waals surface area (Å²) < 4.78 is 5.05. The molecule has 2 N–H and O–H groups in total. The zero-order chi connectivity index (χ0) is 13.4. The van der Waals surface area contributed by atoms with Gasteiger partial charge >= 0.3 is 5.97 Å². The molecule has 1 saturated carbocycles. The highest BCUT2D eigenvalue weighted by atomic mass is 16.5. The van der Waals surface area contributed by atoms with Crippen LogP contribution < -0.4 is 10.6 Å². The van der Waals surface area contributed by atoms with E-state index in [-0.39, 0.29) is 5.97 Å². The number of nitrogen functional groups attached to an aromatic ring is 1. The second-order valence-corrected chi connectivity index (χ2v) is 5.48. The van der Waals surface area contributed by atoms with E-state index in [0.717, 1.165) is 18.2 Å². The molecule has 0 amide bonds. The van der Waals surface area contributed by atoms with Crippen molar-refractivity contribution in [2.45, 2.75) is 32.2 Å². The lowest BCUT2D eigenvalue weighted by Crippen LogP contribution is -2.32. The predicted molar refractivity (Wildman–Crippen MR) is 75.3 cm³/mol. The van der Waals surface area contributed by atoms with Gasteiger partial charge in [-0.2, -0.15) is 0 Å². The summed E-state index contributed by atoms with van der Waals surface area (Å²) in [5.41, 5.74) is 7.96. The van der Waals surface area contributed by atoms with Crippen LogP contribution in [0.15, 0.2) is 18.2 Å². The highest BCUT2D eigenvalue weighted by Crippen LogP contribution is 2.40. The first-order valence-electron chi connectivity index (χ1n) is 7.02. The van der Waals surface area contributed by atoms with Crippen LogP contribution in [-0.2, 0) is 4.74 Å². The molecule has 2 unspecified atom stereocenters. The molecule has 102 valence electrons. The molecule has 1 saturated heterocycles. The summed E-state index contributed by atoms with van der Waals surface area (Å²) in [5, 5.41) is 0. The highest BCUT2D eigenvalue weighted by Gasteiger charge is 2.37. The van der Waals surface area contributed by atoms with Gasteiger partial charge in [-0.1, -0.05) is 0 Å². The third-order valence-electron chi connectivity index (χ3n) is 4.27. The van der Waals surface area contributed by atoms with Crippen LogP contribution in [-0.4, -0.2) is 25.2 Å². The van der Waals surface area contributed by atoms with E-state index in [9.17, 15) is 4.79 Å². The molecular weight excluding hydrogens is 240 g/mol. The van der Waals surface area contributed by atoms with Gasteiger partial charge in [-0.25, -0.2) is 4.79 Å². The summed E-state index contributed by atoms with van der Waals surface area (Å²) in [4.78, 5) is 14.3. The number of hydrogen-bond acceptors (Lipinski definition) is 4. The second kappa shape index (κ2) is 4.76. The molecule has 1 aromatic rings. The largest absolute Gasteiger partial charge is 0.462 e. The molecule has 0 spiro atoms. The lowest BCUT2D eigenvalue weighted by Gasteiger charge is -2.29. The summed E-state index contributed by atoms with van der Waals surface area (Å²) in [6.45, 7) is 3.28. The van der Waals surface area contributed by atoms with Crippen molar-refractivity contribution in [1.29, 1.82) is 0 Å². The SMILES string of the molecule is CCOC(=O)c1cc(N2CC3CCC2C3)ccc1N. The number of hydrogen-bond donors (Lipinski definition) is 1. The second-order valence-electron chi connectivity index (χ2n) is 5.48. The topological polar surface area (TPSA) is 55.6 Å². The summed E-state index contributed by atoms with van der Waals surface area (Å²) in [7, 11) is 0. The number of ether oxygens (including phenoxy) is 1. The third-order valence-corrected chi connectivity index (χ3v) is 4.27. The number of benzene rings is 1. The van der Waals surface area contributed by atoms with Gasteiger partial charge in [0.15, 0.2) is 0 Å². The molecule has 1 aliphatic heterocycles. The minimum absolute atomic E-state index is 0.328. The van der Waals surface area contributed by atoms with Gasteiger partial charge in [0.25, 0.3) is 0 Å². The molecule has 0 radical (unpaired) electrons. The smallest absolute Gasteiger partial charge is 0.340 e. The lowest BCUT2D eigenvalue weighted by molar-refractivity contribution is 0.0527. The Bertz CT molecular complexity index is 501. The average molecular weight is 260 g/mol. The molecule has 2 bridgehead atoms. The predicted octanol–water partition coefficient (Wildman–Crippen LogP) is 2.43. The minimum atomic E-state index is -0.328. The Hall–Kier alpha value is -1.71. The van der Waals surface area contributed by atoms with E-state index in [1.54, 1.807) is 6.92 Å². The van der Waals surface area contributed by atoms with Crippen LogP contribution >= 0.6 is 0 Å². The van der Waals surface area contributed by atoms with Gasteiger partial charge in [-0.15, -0.1) is 0 Å². The van der Waals surface area contributed by atoms with Crippen LogP contribution in [0.3, 0.4) is 0 Å². The van der Waals surface area contributed by atoms with E-state index in [1.165, 1.54) is 19.3 Å². The van der Waals surface area contributed by atoms with Crippen LogP contribution in [0.2, 0.25) is 0 Å². The van der Waals surface area contributed by atoms with Gasteiger partial charge in [-0.3, -0.25) is 0 Å². The number of nitrogens with two attached hydrogens (primary N) is 1. The third kappa shape index (κ3) is 2.15. The standard InChI is InChI=1S/C15H20N2O2/c1-2-19-15(18)13-8-12(5-6-14(13)16)17-9-10-3-4-11(17)7-10/h5-6,8,10-11H,2-4,7,9,16H2,1H3. The lowest BCUT2D eigenvalue weighted by atomic mass is 10.1. The number of piperidine rings is 1. The van der Waals surface area contributed by atoms with Crippen molar-refractivity contribution < 1.29 is 9.53 Å². The fourth-order valence-corrected chi connectivity index (χ4v) is 3.35. The monoisotopic (exact) mass is 260 g/mol. The highest BCUT2D eigenvalue weighted by molar-refractivity contribution is 5.96. The van der Waals surface area contributed by atoms with Crippen molar-refractivity contribution in [3.63, 3.8) is 0 Å². The number of carbonyl (C=O) groups is 1. The van der Waals surface area contributed by atoms with E-state index >= 15 is 0 Å². The number of nitrogens with zero attached hydrogens (tertiary/aromatic N) is 1. The molecular formula is C15H20N2O2. The summed E-state index contributed by atoms with van der Waals surface area (Å²) in [5.74, 6) is 0.500. The van der Waals surface area contributed by atoms with Crippen molar-refractivity contribution in [3.8, 4) is 0 Å². The van der Waals surface area contributed by atoms with Crippen molar-refractivity contribution in [2.75, 3.05) is 23.8 Å². The number of carbonyl (C=O) groups excluding carboxylic acids is 1. The van der Waals surface area contributed by atoms with E-state index in [4.69, 9.17) is 10.5 Å². The van der Waals surface area contributed by atoms with Gasteiger partial charge in [0.05, 0.1) is 12.2 Å². The van der Waals surface area contributed by atoms with Crippen LogP contribution in [0.1, 0.15) is 36.5 Å². The Morgan fingerprint density at radius 2 is 2.32 bits per heavy atom. The molecule has 1 aliphatic carbocycles. The molecule has 3 rings (SSSR count). The van der Waals surface area contributed by atoms with Crippen molar-refractivity contribution in [2.24, 2.45) is 5.92 Å². The Labute approximate surface area is 113 Å². The molecule has 2 aliphatic rings. The molecule has 19 heavy (non-hydrogen) atoms. The zero-order valence-corrected chi connectivity index (χ0v) is 11.3. The Kier molecular flexibility index (Phi) is 3.09. The Morgan fingerprint density at radius 1 is 1.47 bits per heavy atom. The molecule has 4 nitrogen and oxygen atoms in total. The Balaban J connectivity index is 1.87. The molecule has 0 aromatic heterocycles. The minimum Gasteiger partial charge on any atom is -0.462 e. The first-order chi connectivity index (χ1) is 9.19. The van der Waals surface area contributed by atoms with E-state index in [2.05, 4.69) is 4.90 Å². The maximum absolute atomic E-state index is 11.9.